The molecule has 0 saturated heterocycles. The Balaban J connectivity index is 1.98. The van der Waals surface area contributed by atoms with Crippen molar-refractivity contribution in [3.05, 3.63) is 69.5 Å². The lowest BCUT2D eigenvalue weighted by atomic mass is 10.1. The molecule has 120 valence electrons. The quantitative estimate of drug-likeness (QED) is 0.847. The molecule has 0 fully saturated rings. The molecule has 4 nitrogen and oxygen atoms in total. The van der Waals surface area contributed by atoms with Crippen LogP contribution in [0.5, 0.6) is 0 Å². The second-order valence-corrected chi connectivity index (χ2v) is 5.60. The van der Waals surface area contributed by atoms with Gasteiger partial charge in [-0.2, -0.15) is 0 Å². The fourth-order valence-electron chi connectivity index (χ4n) is 2.17. The molecule has 23 heavy (non-hydrogen) atoms. The molecule has 0 aromatic heterocycles. The normalized spacial score (nSPS) is 10.3. The first-order chi connectivity index (χ1) is 10.9. The minimum absolute atomic E-state index is 0.0902. The van der Waals surface area contributed by atoms with E-state index in [1.165, 1.54) is 18.2 Å². The first-order valence-electron chi connectivity index (χ1n) is 6.98. The van der Waals surface area contributed by atoms with Crippen molar-refractivity contribution in [1.29, 1.82) is 0 Å². The second kappa shape index (κ2) is 7.24. The number of hydrogen-bond acceptors (Lipinski definition) is 2. The largest absolute Gasteiger partial charge is 0.273 e. The van der Waals surface area contributed by atoms with E-state index in [1.807, 2.05) is 26.0 Å². The summed E-state index contributed by atoms with van der Waals surface area (Å²) in [6, 6.07) is 9.55. The van der Waals surface area contributed by atoms with E-state index in [4.69, 9.17) is 11.6 Å². The first-order valence-corrected chi connectivity index (χ1v) is 7.35. The zero-order valence-electron chi connectivity index (χ0n) is 12.7. The predicted molar refractivity (Wildman–Crippen MR) is 86.6 cm³/mol. The van der Waals surface area contributed by atoms with E-state index in [0.29, 0.717) is 5.56 Å². The van der Waals surface area contributed by atoms with Crippen LogP contribution < -0.4 is 10.9 Å². The maximum absolute atomic E-state index is 13.6. The lowest BCUT2D eigenvalue weighted by molar-refractivity contribution is -0.121. The standard InChI is InChI=1S/C17H16ClFN2O2/c1-10-6-7-12(11(2)8-10)17(23)21-20-16(22)9-13-14(18)4-3-5-15(13)19/h3-8H,9H2,1-2H3,(H,20,22)(H,21,23). The van der Waals surface area contributed by atoms with Gasteiger partial charge >= 0.3 is 0 Å². The summed E-state index contributed by atoms with van der Waals surface area (Å²) in [5, 5.41) is 0.167. The average Bonchev–Trinajstić information content (AvgIpc) is 2.49. The minimum atomic E-state index is -0.562. The fourth-order valence-corrected chi connectivity index (χ4v) is 2.40. The van der Waals surface area contributed by atoms with Crippen LogP contribution in [0.1, 0.15) is 27.0 Å². The summed E-state index contributed by atoms with van der Waals surface area (Å²) in [6.45, 7) is 3.73. The van der Waals surface area contributed by atoms with Gasteiger partial charge in [0.15, 0.2) is 0 Å². The molecule has 0 aliphatic carbocycles. The molecule has 2 rings (SSSR count). The van der Waals surface area contributed by atoms with Gasteiger partial charge in [-0.15, -0.1) is 0 Å². The number of amides is 2. The van der Waals surface area contributed by atoms with Crippen LogP contribution in [0.4, 0.5) is 4.39 Å². The van der Waals surface area contributed by atoms with Gasteiger partial charge in [0.05, 0.1) is 6.42 Å². The summed E-state index contributed by atoms with van der Waals surface area (Å²) in [7, 11) is 0. The Labute approximate surface area is 138 Å². The van der Waals surface area contributed by atoms with Gasteiger partial charge in [0.2, 0.25) is 5.91 Å². The van der Waals surface area contributed by atoms with E-state index in [0.717, 1.165) is 11.1 Å². The fraction of sp³-hybridized carbons (Fsp3) is 0.176. The van der Waals surface area contributed by atoms with E-state index < -0.39 is 17.6 Å². The zero-order valence-corrected chi connectivity index (χ0v) is 13.5. The van der Waals surface area contributed by atoms with Crippen molar-refractivity contribution in [1.82, 2.24) is 10.9 Å². The average molecular weight is 335 g/mol. The van der Waals surface area contributed by atoms with Crippen LogP contribution >= 0.6 is 11.6 Å². The number of halogens is 2. The maximum Gasteiger partial charge on any atom is 0.269 e. The van der Waals surface area contributed by atoms with Crippen LogP contribution in [0, 0.1) is 19.7 Å². The van der Waals surface area contributed by atoms with E-state index in [9.17, 15) is 14.0 Å². The topological polar surface area (TPSA) is 58.2 Å². The third-order valence-electron chi connectivity index (χ3n) is 3.34. The molecular weight excluding hydrogens is 319 g/mol. The number of carbonyl (C=O) groups excluding carboxylic acids is 2. The Morgan fingerprint density at radius 3 is 2.52 bits per heavy atom. The highest BCUT2D eigenvalue weighted by molar-refractivity contribution is 6.31. The minimum Gasteiger partial charge on any atom is -0.273 e. The lowest BCUT2D eigenvalue weighted by Gasteiger charge is -2.10. The highest BCUT2D eigenvalue weighted by Crippen LogP contribution is 2.19. The summed E-state index contributed by atoms with van der Waals surface area (Å²) >= 11 is 5.86. The van der Waals surface area contributed by atoms with Crippen molar-refractivity contribution >= 4 is 23.4 Å². The number of nitrogens with one attached hydrogen (secondary N) is 2. The number of hydrazine groups is 1. The molecule has 0 radical (unpaired) electrons. The molecule has 0 unspecified atom stereocenters. The molecule has 0 spiro atoms. The third-order valence-corrected chi connectivity index (χ3v) is 3.70. The van der Waals surface area contributed by atoms with E-state index in [1.54, 1.807) is 6.07 Å². The summed E-state index contributed by atoms with van der Waals surface area (Å²) in [4.78, 5) is 23.9. The van der Waals surface area contributed by atoms with Gasteiger partial charge in [0.1, 0.15) is 5.82 Å². The van der Waals surface area contributed by atoms with E-state index in [-0.39, 0.29) is 17.0 Å². The summed E-state index contributed by atoms with van der Waals surface area (Å²) in [5.41, 5.74) is 6.96. The smallest absolute Gasteiger partial charge is 0.269 e. The SMILES string of the molecule is Cc1ccc(C(=O)NNC(=O)Cc2c(F)cccc2Cl)c(C)c1. The van der Waals surface area contributed by atoms with Crippen LogP contribution in [-0.4, -0.2) is 11.8 Å². The van der Waals surface area contributed by atoms with E-state index >= 15 is 0 Å². The maximum atomic E-state index is 13.6. The van der Waals surface area contributed by atoms with Crippen molar-refractivity contribution in [2.75, 3.05) is 0 Å². The molecule has 0 heterocycles. The highest BCUT2D eigenvalue weighted by Gasteiger charge is 2.14. The molecular formula is C17H16ClFN2O2. The van der Waals surface area contributed by atoms with E-state index in [2.05, 4.69) is 10.9 Å². The molecule has 0 bridgehead atoms. The van der Waals surface area contributed by atoms with Gasteiger partial charge in [-0.25, -0.2) is 4.39 Å². The van der Waals surface area contributed by atoms with Gasteiger partial charge in [-0.1, -0.05) is 35.4 Å². The highest BCUT2D eigenvalue weighted by atomic mass is 35.5. The van der Waals surface area contributed by atoms with Crippen molar-refractivity contribution in [3.8, 4) is 0 Å². The van der Waals surface area contributed by atoms with Crippen molar-refractivity contribution in [2.24, 2.45) is 0 Å². The molecule has 0 atom stereocenters. The van der Waals surface area contributed by atoms with Gasteiger partial charge in [0, 0.05) is 16.1 Å². The summed E-state index contributed by atoms with van der Waals surface area (Å²) < 4.78 is 13.6. The Kier molecular flexibility index (Phi) is 5.34. The van der Waals surface area contributed by atoms with Crippen LogP contribution in [0.2, 0.25) is 5.02 Å². The number of aryl methyl sites for hydroxylation is 2. The van der Waals surface area contributed by atoms with Gasteiger partial charge in [0.25, 0.3) is 5.91 Å². The van der Waals surface area contributed by atoms with Gasteiger partial charge in [-0.3, -0.25) is 20.4 Å². The van der Waals surface area contributed by atoms with Crippen molar-refractivity contribution in [3.63, 3.8) is 0 Å². The van der Waals surface area contributed by atoms with Gasteiger partial charge < -0.3 is 0 Å². The Morgan fingerprint density at radius 2 is 1.87 bits per heavy atom. The first kappa shape index (κ1) is 17.0. The molecule has 0 aliphatic heterocycles. The Morgan fingerprint density at radius 1 is 1.13 bits per heavy atom. The molecule has 2 aromatic carbocycles. The molecule has 2 N–H and O–H groups in total. The third kappa shape index (κ3) is 4.29. The van der Waals surface area contributed by atoms with Crippen LogP contribution in [-0.2, 0) is 11.2 Å². The van der Waals surface area contributed by atoms with Crippen LogP contribution in [0.15, 0.2) is 36.4 Å². The summed E-state index contributed by atoms with van der Waals surface area (Å²) in [5.74, 6) is -1.56. The van der Waals surface area contributed by atoms with Crippen LogP contribution in [0.3, 0.4) is 0 Å². The lowest BCUT2D eigenvalue weighted by Crippen LogP contribution is -2.42. The Bertz CT molecular complexity index is 742. The Hall–Kier alpha value is -2.40. The number of carbonyl (C=O) groups is 2. The zero-order chi connectivity index (χ0) is 17.0. The molecule has 2 amide bonds. The number of benzene rings is 2. The van der Waals surface area contributed by atoms with Crippen molar-refractivity contribution in [2.45, 2.75) is 20.3 Å². The molecule has 2 aromatic rings. The summed E-state index contributed by atoms with van der Waals surface area (Å²) in [6.07, 6.45) is -0.265. The number of hydrogen-bond donors (Lipinski definition) is 2. The number of rotatable bonds is 3. The molecule has 6 heteroatoms. The molecule has 0 aliphatic rings. The second-order valence-electron chi connectivity index (χ2n) is 5.20. The monoisotopic (exact) mass is 334 g/mol. The van der Waals surface area contributed by atoms with Crippen molar-refractivity contribution < 1.29 is 14.0 Å². The van der Waals surface area contributed by atoms with Crippen LogP contribution in [0.25, 0.3) is 0 Å². The van der Waals surface area contributed by atoms with Gasteiger partial charge in [-0.05, 0) is 37.6 Å². The predicted octanol–water partition coefficient (Wildman–Crippen LogP) is 3.10. The molecule has 0 saturated carbocycles.